The zero-order chi connectivity index (χ0) is 14.8. The highest BCUT2D eigenvalue weighted by molar-refractivity contribution is 9.10. The molecule has 0 amide bonds. The number of benzene rings is 1. The van der Waals surface area contributed by atoms with Crippen molar-refractivity contribution in [1.29, 1.82) is 0 Å². The first kappa shape index (κ1) is 14.4. The Balaban J connectivity index is 2.29. The van der Waals surface area contributed by atoms with Crippen LogP contribution in [0.5, 0.6) is 5.75 Å². The van der Waals surface area contributed by atoms with E-state index in [-0.39, 0.29) is 0 Å². The number of nitrogens with zero attached hydrogens (tertiary/aromatic N) is 3. The number of hydrogen-bond donors (Lipinski definition) is 0. The lowest BCUT2D eigenvalue weighted by Crippen LogP contribution is -2.03. The van der Waals surface area contributed by atoms with Crippen LogP contribution in [0, 0.1) is 0 Å². The Morgan fingerprint density at radius 3 is 2.95 bits per heavy atom. The number of alkyl halides is 1. The molecule has 0 saturated carbocycles. The van der Waals surface area contributed by atoms with Gasteiger partial charge in [-0.15, -0.1) is 11.6 Å². The third-order valence-corrected chi connectivity index (χ3v) is 4.10. The Kier molecular flexibility index (Phi) is 4.12. The summed E-state index contributed by atoms with van der Waals surface area (Å²) in [5, 5.41) is 0. The van der Waals surface area contributed by atoms with Crippen molar-refractivity contribution in [3.63, 3.8) is 0 Å². The zero-order valence-electron chi connectivity index (χ0n) is 11.4. The molecule has 3 rings (SSSR count). The highest BCUT2D eigenvalue weighted by atomic mass is 79.9. The standard InChI is InChI=1S/C15H13BrClN3O/c1-21-10-2-3-11(16)14(8-10)20-13-5-7-18-9-12(13)19-15(20)4-6-17/h2-3,5,7-9H,4,6H2,1H3. The first-order valence-electron chi connectivity index (χ1n) is 6.46. The lowest BCUT2D eigenvalue weighted by atomic mass is 10.2. The van der Waals surface area contributed by atoms with Gasteiger partial charge in [-0.1, -0.05) is 0 Å². The van der Waals surface area contributed by atoms with Crippen molar-refractivity contribution in [2.24, 2.45) is 0 Å². The second kappa shape index (κ2) is 6.03. The number of imidazole rings is 1. The van der Waals surface area contributed by atoms with Crippen molar-refractivity contribution >= 4 is 38.6 Å². The molecule has 1 aromatic carbocycles. The second-order valence-electron chi connectivity index (χ2n) is 4.48. The summed E-state index contributed by atoms with van der Waals surface area (Å²) in [5.41, 5.74) is 2.83. The van der Waals surface area contributed by atoms with E-state index in [1.165, 1.54) is 0 Å². The number of ether oxygens (including phenoxy) is 1. The summed E-state index contributed by atoms with van der Waals surface area (Å²) in [7, 11) is 1.66. The molecular formula is C15H13BrClN3O. The quantitative estimate of drug-likeness (QED) is 0.656. The molecule has 108 valence electrons. The molecule has 0 radical (unpaired) electrons. The lowest BCUT2D eigenvalue weighted by Gasteiger charge is -2.12. The van der Waals surface area contributed by atoms with E-state index in [1.807, 2.05) is 24.3 Å². The van der Waals surface area contributed by atoms with Gasteiger partial charge in [-0.3, -0.25) is 9.55 Å². The maximum atomic E-state index is 5.92. The summed E-state index contributed by atoms with van der Waals surface area (Å²) in [4.78, 5) is 8.76. The van der Waals surface area contributed by atoms with Gasteiger partial charge in [0.25, 0.3) is 0 Å². The van der Waals surface area contributed by atoms with Crippen LogP contribution in [0.1, 0.15) is 5.82 Å². The number of methoxy groups -OCH3 is 1. The summed E-state index contributed by atoms with van der Waals surface area (Å²) in [5.74, 6) is 2.21. The van der Waals surface area contributed by atoms with E-state index in [1.54, 1.807) is 19.5 Å². The van der Waals surface area contributed by atoms with Crippen LogP contribution >= 0.6 is 27.5 Å². The smallest absolute Gasteiger partial charge is 0.121 e. The molecule has 0 aliphatic heterocycles. The number of fused-ring (bicyclic) bond motifs is 1. The minimum atomic E-state index is 0.512. The highest BCUT2D eigenvalue weighted by Crippen LogP contribution is 2.30. The SMILES string of the molecule is COc1ccc(Br)c(-n2c(CCCl)nc3cnccc32)c1. The fraction of sp³-hybridized carbons (Fsp3) is 0.200. The van der Waals surface area contributed by atoms with Gasteiger partial charge >= 0.3 is 0 Å². The van der Waals surface area contributed by atoms with E-state index in [2.05, 4.69) is 30.5 Å². The molecule has 0 aliphatic carbocycles. The molecule has 0 N–H and O–H groups in total. The van der Waals surface area contributed by atoms with Crippen molar-refractivity contribution in [1.82, 2.24) is 14.5 Å². The van der Waals surface area contributed by atoms with Crippen LogP contribution in [0.2, 0.25) is 0 Å². The number of halogens is 2. The molecule has 0 bridgehead atoms. The van der Waals surface area contributed by atoms with Gasteiger partial charge in [-0.25, -0.2) is 4.98 Å². The largest absolute Gasteiger partial charge is 0.497 e. The minimum Gasteiger partial charge on any atom is -0.497 e. The molecule has 4 nitrogen and oxygen atoms in total. The molecule has 3 aromatic rings. The van der Waals surface area contributed by atoms with Crippen molar-refractivity contribution in [3.8, 4) is 11.4 Å². The molecule has 0 aliphatic rings. The van der Waals surface area contributed by atoms with E-state index in [0.717, 1.165) is 32.8 Å². The van der Waals surface area contributed by atoms with E-state index in [4.69, 9.17) is 16.3 Å². The van der Waals surface area contributed by atoms with Crippen LogP contribution in [0.25, 0.3) is 16.7 Å². The monoisotopic (exact) mass is 365 g/mol. The number of aromatic nitrogens is 3. The van der Waals surface area contributed by atoms with Gasteiger partial charge in [0, 0.05) is 29.0 Å². The van der Waals surface area contributed by atoms with Crippen LogP contribution in [-0.2, 0) is 6.42 Å². The van der Waals surface area contributed by atoms with Gasteiger partial charge in [0.05, 0.1) is 24.5 Å². The van der Waals surface area contributed by atoms with Gasteiger partial charge in [-0.2, -0.15) is 0 Å². The van der Waals surface area contributed by atoms with E-state index >= 15 is 0 Å². The third-order valence-electron chi connectivity index (χ3n) is 3.24. The molecule has 21 heavy (non-hydrogen) atoms. The number of hydrogen-bond acceptors (Lipinski definition) is 3. The molecule has 0 atom stereocenters. The van der Waals surface area contributed by atoms with E-state index in [0.29, 0.717) is 12.3 Å². The Hall–Kier alpha value is -1.59. The first-order chi connectivity index (χ1) is 10.2. The molecule has 0 spiro atoms. The second-order valence-corrected chi connectivity index (χ2v) is 5.72. The Bertz CT molecular complexity index is 788. The number of rotatable bonds is 4. The number of aryl methyl sites for hydroxylation is 1. The molecule has 0 unspecified atom stereocenters. The summed E-state index contributed by atoms with van der Waals surface area (Å²) in [6.45, 7) is 0. The first-order valence-corrected chi connectivity index (χ1v) is 7.78. The van der Waals surface area contributed by atoms with Crippen LogP contribution in [0.4, 0.5) is 0 Å². The molecular weight excluding hydrogens is 354 g/mol. The van der Waals surface area contributed by atoms with Crippen LogP contribution < -0.4 is 4.74 Å². The van der Waals surface area contributed by atoms with Crippen molar-refractivity contribution in [3.05, 3.63) is 47.0 Å². The Labute approximate surface area is 135 Å². The third kappa shape index (κ3) is 2.63. The number of pyridine rings is 1. The van der Waals surface area contributed by atoms with Crippen LogP contribution in [0.15, 0.2) is 41.1 Å². The average molecular weight is 367 g/mol. The van der Waals surface area contributed by atoms with Crippen LogP contribution in [0.3, 0.4) is 0 Å². The Morgan fingerprint density at radius 2 is 2.19 bits per heavy atom. The van der Waals surface area contributed by atoms with Crippen LogP contribution in [-0.4, -0.2) is 27.5 Å². The summed E-state index contributed by atoms with van der Waals surface area (Å²) < 4.78 is 8.38. The normalized spacial score (nSPS) is 11.0. The zero-order valence-corrected chi connectivity index (χ0v) is 13.7. The van der Waals surface area contributed by atoms with E-state index < -0.39 is 0 Å². The molecule has 2 aromatic heterocycles. The maximum Gasteiger partial charge on any atom is 0.121 e. The minimum absolute atomic E-state index is 0.512. The molecule has 6 heteroatoms. The summed E-state index contributed by atoms with van der Waals surface area (Å²) in [6, 6.07) is 7.80. The van der Waals surface area contributed by atoms with Crippen molar-refractivity contribution in [2.75, 3.05) is 13.0 Å². The Morgan fingerprint density at radius 1 is 1.33 bits per heavy atom. The van der Waals surface area contributed by atoms with E-state index in [9.17, 15) is 0 Å². The average Bonchev–Trinajstić information content (AvgIpc) is 2.86. The fourth-order valence-electron chi connectivity index (χ4n) is 2.29. The fourth-order valence-corrected chi connectivity index (χ4v) is 2.89. The van der Waals surface area contributed by atoms with Crippen molar-refractivity contribution in [2.45, 2.75) is 6.42 Å². The lowest BCUT2D eigenvalue weighted by molar-refractivity contribution is 0.414. The van der Waals surface area contributed by atoms with Gasteiger partial charge in [0.2, 0.25) is 0 Å². The van der Waals surface area contributed by atoms with Gasteiger partial charge in [-0.05, 0) is 34.1 Å². The van der Waals surface area contributed by atoms with Crippen molar-refractivity contribution < 1.29 is 4.74 Å². The summed E-state index contributed by atoms with van der Waals surface area (Å²) in [6.07, 6.45) is 4.20. The van der Waals surface area contributed by atoms with Gasteiger partial charge in [0.15, 0.2) is 0 Å². The van der Waals surface area contributed by atoms with Gasteiger partial charge in [0.1, 0.15) is 17.1 Å². The molecule has 2 heterocycles. The molecule has 0 saturated heterocycles. The summed E-state index contributed by atoms with van der Waals surface area (Å²) >= 11 is 9.52. The predicted octanol–water partition coefficient (Wildman–Crippen LogP) is 3.97. The maximum absolute atomic E-state index is 5.92. The highest BCUT2D eigenvalue weighted by Gasteiger charge is 2.15. The molecule has 0 fully saturated rings. The topological polar surface area (TPSA) is 39.9 Å². The van der Waals surface area contributed by atoms with Gasteiger partial charge < -0.3 is 4.74 Å². The predicted molar refractivity (Wildman–Crippen MR) is 87.5 cm³/mol.